The van der Waals surface area contributed by atoms with Gasteiger partial charge in [-0.1, -0.05) is 60.7 Å². The van der Waals surface area contributed by atoms with Crippen LogP contribution >= 0.6 is 0 Å². The van der Waals surface area contributed by atoms with Crippen molar-refractivity contribution in [3.8, 4) is 0 Å². The van der Waals surface area contributed by atoms with Crippen LogP contribution in [0.5, 0.6) is 0 Å². The number of carboxylic acid groups (broad SMARTS) is 2. The Bertz CT molecular complexity index is 1320. The minimum atomic E-state index is -1.19. The summed E-state index contributed by atoms with van der Waals surface area (Å²) < 4.78 is 15.7. The Balaban J connectivity index is 0.00000401. The molecule has 0 aromatic heterocycles. The second-order valence-electron chi connectivity index (χ2n) is 12.1. The van der Waals surface area contributed by atoms with Gasteiger partial charge in [0, 0.05) is 20.1 Å². The number of likely N-dealkylation sites (N-methyl/N-ethyl adjacent to an activating group) is 1. The van der Waals surface area contributed by atoms with Crippen LogP contribution in [0.25, 0.3) is 0 Å². The summed E-state index contributed by atoms with van der Waals surface area (Å²) in [5.41, 5.74) is 0.908. The highest BCUT2D eigenvalue weighted by Crippen LogP contribution is 2.14. The lowest BCUT2D eigenvalue weighted by Crippen LogP contribution is -2.53. The molecule has 4 amide bonds. The maximum atomic E-state index is 13.5. The van der Waals surface area contributed by atoms with E-state index < -0.39 is 47.8 Å². The van der Waals surface area contributed by atoms with Gasteiger partial charge in [-0.25, -0.2) is 19.2 Å². The van der Waals surface area contributed by atoms with E-state index in [0.29, 0.717) is 25.7 Å². The number of aliphatic carboxylic acids is 1. The van der Waals surface area contributed by atoms with Gasteiger partial charge < -0.3 is 45.3 Å². The number of nitrogens with zero attached hydrogens (tertiary/aromatic N) is 1. The summed E-state index contributed by atoms with van der Waals surface area (Å²) in [5, 5.41) is 24.7. The Hall–Kier alpha value is -5.34. The van der Waals surface area contributed by atoms with E-state index in [9.17, 15) is 29.1 Å². The maximum absolute atomic E-state index is 13.5. The minimum absolute atomic E-state index is 0.131. The molecule has 2 rings (SSSR count). The number of unbranched alkanes of at least 4 members (excludes halogenated alkanes) is 2. The lowest BCUT2D eigenvalue weighted by molar-refractivity contribution is -0.150. The molecule has 2 atom stereocenters. The SMILES string of the molecule is CN(C(=O)[C@H](CCCCNC(=O)OCc1ccccc1)NC(=O)OC(C)(C)C)[C@@H](CCCCNC(=O)OCc1ccccc1)C(=O)O.O=CO. The number of carbonyl (C=O) groups excluding carboxylic acids is 4. The van der Waals surface area contributed by atoms with Crippen LogP contribution in [0.1, 0.15) is 70.4 Å². The van der Waals surface area contributed by atoms with Crippen molar-refractivity contribution in [2.24, 2.45) is 0 Å². The highest BCUT2D eigenvalue weighted by Gasteiger charge is 2.32. The van der Waals surface area contributed by atoms with Crippen molar-refractivity contribution in [1.82, 2.24) is 20.9 Å². The normalized spacial score (nSPS) is 11.7. The highest BCUT2D eigenvalue weighted by molar-refractivity contribution is 5.89. The zero-order chi connectivity index (χ0) is 37.4. The number of hydrogen-bond acceptors (Lipinski definition) is 9. The van der Waals surface area contributed by atoms with Crippen LogP contribution in [0.3, 0.4) is 0 Å². The smallest absolute Gasteiger partial charge is 0.408 e. The van der Waals surface area contributed by atoms with Gasteiger partial charge in [-0.05, 0) is 70.4 Å². The van der Waals surface area contributed by atoms with Crippen LogP contribution in [0, 0.1) is 0 Å². The first-order chi connectivity index (χ1) is 23.8. The molecule has 0 unspecified atom stereocenters. The van der Waals surface area contributed by atoms with Gasteiger partial charge in [0.25, 0.3) is 6.47 Å². The molecule has 0 bridgehead atoms. The van der Waals surface area contributed by atoms with Crippen LogP contribution in [0.4, 0.5) is 14.4 Å². The van der Waals surface area contributed by atoms with Crippen LogP contribution in [0.2, 0.25) is 0 Å². The topological polar surface area (TPSA) is 210 Å². The van der Waals surface area contributed by atoms with Crippen LogP contribution in [-0.4, -0.2) is 89.6 Å². The summed E-state index contributed by atoms with van der Waals surface area (Å²) in [6.07, 6.45) is 0.148. The number of ether oxygens (including phenoxy) is 3. The quantitative estimate of drug-likeness (QED) is 0.0818. The number of amides is 4. The molecule has 0 aliphatic rings. The molecule has 0 fully saturated rings. The molecule has 0 aliphatic carbocycles. The van der Waals surface area contributed by atoms with E-state index in [1.807, 2.05) is 60.7 Å². The lowest BCUT2D eigenvalue weighted by Gasteiger charge is -2.30. The molecule has 5 N–H and O–H groups in total. The molecule has 0 radical (unpaired) electrons. The van der Waals surface area contributed by atoms with Gasteiger partial charge in [0.1, 0.15) is 30.9 Å². The zero-order valence-electron chi connectivity index (χ0n) is 29.1. The Labute approximate surface area is 292 Å². The number of carboxylic acids is 1. The molecular weight excluding hydrogens is 652 g/mol. The summed E-state index contributed by atoms with van der Waals surface area (Å²) in [7, 11) is 1.38. The summed E-state index contributed by atoms with van der Waals surface area (Å²) in [5.74, 6) is -1.77. The number of alkyl carbamates (subject to hydrolysis) is 3. The number of hydrogen-bond donors (Lipinski definition) is 5. The van der Waals surface area contributed by atoms with E-state index in [-0.39, 0.29) is 45.6 Å². The van der Waals surface area contributed by atoms with Gasteiger partial charge in [-0.2, -0.15) is 0 Å². The molecule has 0 heterocycles. The molecule has 15 nitrogen and oxygen atoms in total. The van der Waals surface area contributed by atoms with Crippen molar-refractivity contribution < 1.29 is 53.2 Å². The van der Waals surface area contributed by atoms with E-state index in [4.69, 9.17) is 24.1 Å². The van der Waals surface area contributed by atoms with Crippen LogP contribution < -0.4 is 16.0 Å². The van der Waals surface area contributed by atoms with Crippen molar-refractivity contribution in [3.63, 3.8) is 0 Å². The molecule has 276 valence electrons. The molecule has 0 saturated heterocycles. The van der Waals surface area contributed by atoms with E-state index >= 15 is 0 Å². The average Bonchev–Trinajstić information content (AvgIpc) is 3.07. The monoisotopic (exact) mass is 702 g/mol. The predicted molar refractivity (Wildman–Crippen MR) is 183 cm³/mol. The van der Waals surface area contributed by atoms with Gasteiger partial charge in [0.05, 0.1) is 0 Å². The maximum Gasteiger partial charge on any atom is 0.408 e. The van der Waals surface area contributed by atoms with Gasteiger partial charge in [0.15, 0.2) is 0 Å². The van der Waals surface area contributed by atoms with E-state index in [2.05, 4.69) is 16.0 Å². The van der Waals surface area contributed by atoms with E-state index in [1.54, 1.807) is 20.8 Å². The molecule has 0 saturated carbocycles. The molecule has 0 aliphatic heterocycles. The molecular formula is C35H50N4O11. The summed E-state index contributed by atoms with van der Waals surface area (Å²) >= 11 is 0. The fraction of sp³-hybridized carbons (Fsp3) is 0.486. The van der Waals surface area contributed by atoms with Gasteiger partial charge in [-0.3, -0.25) is 9.59 Å². The molecule has 0 spiro atoms. The summed E-state index contributed by atoms with van der Waals surface area (Å²) in [6.45, 7) is 5.65. The third kappa shape index (κ3) is 19.5. The van der Waals surface area contributed by atoms with E-state index in [1.165, 1.54) is 7.05 Å². The molecule has 15 heteroatoms. The third-order valence-corrected chi connectivity index (χ3v) is 6.88. The number of nitrogens with one attached hydrogen (secondary N) is 3. The summed E-state index contributed by atoms with van der Waals surface area (Å²) in [6, 6.07) is 16.3. The number of carbonyl (C=O) groups is 6. The fourth-order valence-electron chi connectivity index (χ4n) is 4.45. The first-order valence-corrected chi connectivity index (χ1v) is 16.2. The standard InChI is InChI=1S/C34H48N4O9.CH2O2/c1-34(2,3)47-33(44)37-27(19-11-13-21-35-31(42)45-23-25-15-7-5-8-16-25)29(39)38(4)28(30(40)41)20-12-14-22-36-32(43)46-24-26-17-9-6-10-18-26;2-1-3/h5-10,15-18,27-28H,11-14,19-24H2,1-4H3,(H,35,42)(H,36,43)(H,37,44)(H,40,41);1H,(H,2,3)/t27-,28-;/m0./s1. The van der Waals surface area contributed by atoms with Gasteiger partial charge >= 0.3 is 24.2 Å². The van der Waals surface area contributed by atoms with Gasteiger partial charge in [-0.15, -0.1) is 0 Å². The van der Waals surface area contributed by atoms with Crippen LogP contribution in [-0.2, 0) is 41.8 Å². The summed E-state index contributed by atoms with van der Waals surface area (Å²) in [4.78, 5) is 71.6. The Kier molecular flexibility index (Phi) is 20.4. The number of rotatable bonds is 18. The third-order valence-electron chi connectivity index (χ3n) is 6.88. The second-order valence-corrected chi connectivity index (χ2v) is 12.1. The second kappa shape index (κ2) is 23.9. The molecule has 2 aromatic rings. The average molecular weight is 703 g/mol. The van der Waals surface area contributed by atoms with E-state index in [0.717, 1.165) is 16.0 Å². The predicted octanol–water partition coefficient (Wildman–Crippen LogP) is 4.69. The van der Waals surface area contributed by atoms with Crippen molar-refractivity contribution in [2.75, 3.05) is 20.1 Å². The first kappa shape index (κ1) is 42.7. The fourth-order valence-corrected chi connectivity index (χ4v) is 4.45. The minimum Gasteiger partial charge on any atom is -0.483 e. The van der Waals surface area contributed by atoms with Crippen molar-refractivity contribution in [2.45, 2.75) is 90.2 Å². The Morgan fingerprint density at radius 1 is 0.760 bits per heavy atom. The van der Waals surface area contributed by atoms with Crippen molar-refractivity contribution >= 4 is 36.6 Å². The largest absolute Gasteiger partial charge is 0.483 e. The van der Waals surface area contributed by atoms with Crippen molar-refractivity contribution in [1.29, 1.82) is 0 Å². The number of benzene rings is 2. The van der Waals surface area contributed by atoms with Crippen molar-refractivity contribution in [3.05, 3.63) is 71.8 Å². The Morgan fingerprint density at radius 3 is 1.62 bits per heavy atom. The zero-order valence-corrected chi connectivity index (χ0v) is 29.1. The van der Waals surface area contributed by atoms with Gasteiger partial charge in [0.2, 0.25) is 5.91 Å². The molecule has 2 aromatic carbocycles. The molecule has 50 heavy (non-hydrogen) atoms. The van der Waals surface area contributed by atoms with Crippen LogP contribution in [0.15, 0.2) is 60.7 Å². The highest BCUT2D eigenvalue weighted by atomic mass is 16.6. The Morgan fingerprint density at radius 2 is 1.20 bits per heavy atom. The first-order valence-electron chi connectivity index (χ1n) is 16.2. The lowest BCUT2D eigenvalue weighted by atomic mass is 10.0.